The van der Waals surface area contributed by atoms with Gasteiger partial charge in [-0.15, -0.1) is 0 Å². The van der Waals surface area contributed by atoms with Gasteiger partial charge in [0, 0.05) is 10.6 Å². The van der Waals surface area contributed by atoms with Crippen molar-refractivity contribution in [2.24, 2.45) is 5.10 Å². The summed E-state index contributed by atoms with van der Waals surface area (Å²) in [5.74, 6) is 0.379. The average molecular weight is 431 g/mol. The Morgan fingerprint density at radius 2 is 1.77 bits per heavy atom. The maximum Gasteiger partial charge on any atom is 0.289 e. The number of ether oxygens (including phenoxy) is 1. The normalized spacial score (nSPS) is 10.9. The van der Waals surface area contributed by atoms with Crippen molar-refractivity contribution in [2.45, 2.75) is 6.61 Å². The first-order chi connectivity index (χ1) is 15.2. The molecule has 6 nitrogen and oxygen atoms in total. The summed E-state index contributed by atoms with van der Waals surface area (Å²) in [5.41, 5.74) is 6.25. The van der Waals surface area contributed by atoms with Crippen LogP contribution in [0.4, 0.5) is 0 Å². The molecule has 3 aromatic carbocycles. The molecule has 154 valence electrons. The molecular formula is C24H19ClN4O2. The zero-order chi connectivity index (χ0) is 21.5. The molecule has 1 heterocycles. The summed E-state index contributed by atoms with van der Waals surface area (Å²) in [6, 6.07) is 26.3. The summed E-state index contributed by atoms with van der Waals surface area (Å²) >= 11 is 5.90. The van der Waals surface area contributed by atoms with Gasteiger partial charge in [0.25, 0.3) is 5.91 Å². The zero-order valence-corrected chi connectivity index (χ0v) is 17.2. The molecule has 4 rings (SSSR count). The lowest BCUT2D eigenvalue weighted by Gasteiger charge is -2.06. The van der Waals surface area contributed by atoms with Gasteiger partial charge < -0.3 is 4.74 Å². The Labute approximate surface area is 184 Å². The van der Waals surface area contributed by atoms with Gasteiger partial charge in [0.15, 0.2) is 0 Å². The highest BCUT2D eigenvalue weighted by Gasteiger charge is 2.10. The highest BCUT2D eigenvalue weighted by atomic mass is 35.5. The molecule has 0 spiro atoms. The zero-order valence-electron chi connectivity index (χ0n) is 16.5. The first-order valence-electron chi connectivity index (χ1n) is 9.59. The Hall–Kier alpha value is -3.90. The van der Waals surface area contributed by atoms with E-state index < -0.39 is 0 Å². The van der Waals surface area contributed by atoms with E-state index in [4.69, 9.17) is 16.3 Å². The monoisotopic (exact) mass is 430 g/mol. The van der Waals surface area contributed by atoms with Crippen molar-refractivity contribution in [3.63, 3.8) is 0 Å². The number of amides is 1. The van der Waals surface area contributed by atoms with Crippen LogP contribution >= 0.6 is 11.6 Å². The van der Waals surface area contributed by atoms with Crippen molar-refractivity contribution >= 4 is 23.7 Å². The molecule has 0 unspecified atom stereocenters. The minimum absolute atomic E-state index is 0.312. The number of carbonyl (C=O) groups is 1. The van der Waals surface area contributed by atoms with Gasteiger partial charge in [-0.2, -0.15) is 10.2 Å². The molecule has 0 saturated carbocycles. The van der Waals surface area contributed by atoms with E-state index in [-0.39, 0.29) is 5.91 Å². The minimum atomic E-state index is -0.383. The topological polar surface area (TPSA) is 79.4 Å². The summed E-state index contributed by atoms with van der Waals surface area (Å²) in [7, 11) is 0. The van der Waals surface area contributed by atoms with Crippen LogP contribution in [0.2, 0.25) is 5.02 Å². The fourth-order valence-corrected chi connectivity index (χ4v) is 2.95. The third kappa shape index (κ3) is 5.58. The molecule has 0 atom stereocenters. The number of halogens is 1. The van der Waals surface area contributed by atoms with Gasteiger partial charge in [-0.05, 0) is 53.6 Å². The van der Waals surface area contributed by atoms with Crippen molar-refractivity contribution in [3.05, 3.63) is 107 Å². The molecule has 0 bridgehead atoms. The van der Waals surface area contributed by atoms with Crippen LogP contribution in [0.3, 0.4) is 0 Å². The van der Waals surface area contributed by atoms with Crippen molar-refractivity contribution < 1.29 is 9.53 Å². The quantitative estimate of drug-likeness (QED) is 0.317. The molecule has 0 radical (unpaired) electrons. The number of carbonyl (C=O) groups excluding carboxylic acids is 1. The van der Waals surface area contributed by atoms with Gasteiger partial charge in [-0.25, -0.2) is 5.43 Å². The molecule has 1 amide bonds. The van der Waals surface area contributed by atoms with Gasteiger partial charge >= 0.3 is 0 Å². The van der Waals surface area contributed by atoms with E-state index in [2.05, 4.69) is 20.7 Å². The number of hydrogen-bond donors (Lipinski definition) is 2. The second-order valence-electron chi connectivity index (χ2n) is 6.72. The number of H-pyrrole nitrogens is 1. The summed E-state index contributed by atoms with van der Waals surface area (Å²) in [6.45, 7) is 0.506. The molecule has 4 aromatic rings. The van der Waals surface area contributed by atoms with Crippen LogP contribution in [0.15, 0.2) is 90.0 Å². The van der Waals surface area contributed by atoms with Gasteiger partial charge in [-0.3, -0.25) is 9.89 Å². The Morgan fingerprint density at radius 1 is 1.03 bits per heavy atom. The second kappa shape index (κ2) is 9.73. The summed E-state index contributed by atoms with van der Waals surface area (Å²) in [5, 5.41) is 11.5. The average Bonchev–Trinajstić information content (AvgIpc) is 3.30. The van der Waals surface area contributed by atoms with Crippen LogP contribution in [0, 0.1) is 0 Å². The largest absolute Gasteiger partial charge is 0.489 e. The second-order valence-corrected chi connectivity index (χ2v) is 7.15. The van der Waals surface area contributed by atoms with Crippen LogP contribution in [0.1, 0.15) is 21.6 Å². The third-order valence-electron chi connectivity index (χ3n) is 4.47. The predicted molar refractivity (Wildman–Crippen MR) is 121 cm³/mol. The number of benzene rings is 3. The van der Waals surface area contributed by atoms with Gasteiger partial charge in [0.2, 0.25) is 0 Å². The van der Waals surface area contributed by atoms with Crippen molar-refractivity contribution in [3.8, 4) is 17.0 Å². The molecule has 2 N–H and O–H groups in total. The first-order valence-corrected chi connectivity index (χ1v) is 9.97. The molecule has 0 aliphatic carbocycles. The first kappa shape index (κ1) is 20.4. The lowest BCUT2D eigenvalue weighted by atomic mass is 10.1. The minimum Gasteiger partial charge on any atom is -0.489 e. The number of nitrogens with zero attached hydrogens (tertiary/aromatic N) is 2. The summed E-state index contributed by atoms with van der Waals surface area (Å²) in [6.07, 6.45) is 1.56. The summed E-state index contributed by atoms with van der Waals surface area (Å²) < 4.78 is 5.76. The molecule has 0 fully saturated rings. The number of hydrogen-bond acceptors (Lipinski definition) is 4. The Balaban J connectivity index is 1.30. The van der Waals surface area contributed by atoms with E-state index in [0.29, 0.717) is 23.0 Å². The molecule has 0 aliphatic heterocycles. The molecule has 0 aliphatic rings. The van der Waals surface area contributed by atoms with Crippen LogP contribution in [-0.2, 0) is 6.61 Å². The van der Waals surface area contributed by atoms with Crippen molar-refractivity contribution in [1.29, 1.82) is 0 Å². The van der Waals surface area contributed by atoms with Crippen LogP contribution in [0.25, 0.3) is 11.3 Å². The van der Waals surface area contributed by atoms with Crippen LogP contribution in [-0.4, -0.2) is 22.3 Å². The van der Waals surface area contributed by atoms with Gasteiger partial charge in [0.1, 0.15) is 18.1 Å². The van der Waals surface area contributed by atoms with E-state index in [1.54, 1.807) is 24.4 Å². The number of aromatic nitrogens is 2. The fourth-order valence-electron chi connectivity index (χ4n) is 2.82. The van der Waals surface area contributed by atoms with E-state index in [1.165, 1.54) is 0 Å². The summed E-state index contributed by atoms with van der Waals surface area (Å²) in [4.78, 5) is 12.3. The smallest absolute Gasteiger partial charge is 0.289 e. The third-order valence-corrected chi connectivity index (χ3v) is 4.72. The number of aromatic amines is 1. The van der Waals surface area contributed by atoms with E-state index in [9.17, 15) is 4.79 Å². The Bertz CT molecular complexity index is 1170. The number of rotatable bonds is 7. The predicted octanol–water partition coefficient (Wildman–Crippen LogP) is 5.07. The van der Waals surface area contributed by atoms with Crippen LogP contribution in [0.5, 0.6) is 5.75 Å². The number of nitrogens with one attached hydrogen (secondary N) is 2. The van der Waals surface area contributed by atoms with E-state index in [0.717, 1.165) is 22.4 Å². The highest BCUT2D eigenvalue weighted by molar-refractivity contribution is 6.30. The maximum atomic E-state index is 12.3. The van der Waals surface area contributed by atoms with Crippen molar-refractivity contribution in [1.82, 2.24) is 15.6 Å². The molecular weight excluding hydrogens is 412 g/mol. The SMILES string of the molecule is O=C(N/N=C/c1ccc(OCc2ccccc2)cc1)c1cc(-c2ccc(Cl)cc2)n[nH]1. The van der Waals surface area contributed by atoms with Gasteiger partial charge in [0.05, 0.1) is 11.9 Å². The molecule has 31 heavy (non-hydrogen) atoms. The van der Waals surface area contributed by atoms with E-state index in [1.807, 2.05) is 66.7 Å². The van der Waals surface area contributed by atoms with Crippen LogP contribution < -0.4 is 10.2 Å². The van der Waals surface area contributed by atoms with Gasteiger partial charge in [-0.1, -0.05) is 54.1 Å². The highest BCUT2D eigenvalue weighted by Crippen LogP contribution is 2.20. The lowest BCUT2D eigenvalue weighted by Crippen LogP contribution is -2.17. The standard InChI is InChI=1S/C24H19ClN4O2/c25-20-10-8-19(9-11-20)22-14-23(28-27-22)24(30)29-26-15-17-6-12-21(13-7-17)31-16-18-4-2-1-3-5-18/h1-15H,16H2,(H,27,28)(H,29,30)/b26-15+. The Kier molecular flexibility index (Phi) is 6.40. The number of hydrazone groups is 1. The lowest BCUT2D eigenvalue weighted by molar-refractivity contribution is 0.0950. The van der Waals surface area contributed by atoms with Crippen molar-refractivity contribution in [2.75, 3.05) is 0 Å². The Morgan fingerprint density at radius 3 is 2.52 bits per heavy atom. The molecule has 0 saturated heterocycles. The fraction of sp³-hybridized carbons (Fsp3) is 0.0417. The molecule has 7 heteroatoms. The maximum absolute atomic E-state index is 12.3. The molecule has 1 aromatic heterocycles. The van der Waals surface area contributed by atoms with E-state index >= 15 is 0 Å².